The zero-order valence-corrected chi connectivity index (χ0v) is 13.3. The van der Waals surface area contributed by atoms with Crippen LogP contribution in [0.15, 0.2) is 18.2 Å². The minimum atomic E-state index is -0.134. The molecular formula is C16H22ClNO3. The van der Waals surface area contributed by atoms with Gasteiger partial charge < -0.3 is 14.8 Å². The van der Waals surface area contributed by atoms with Gasteiger partial charge in [0.05, 0.1) is 18.6 Å². The standard InChI is InChI=1S/C16H22ClNO3/c1-3-20-14-8-7-12(9-15(14)21-4-2)16(19)18-10-13(17)11-5-6-11/h7-9,11,13H,3-6,10H2,1-2H3,(H,18,19). The van der Waals surface area contributed by atoms with Crippen molar-refractivity contribution in [3.05, 3.63) is 23.8 Å². The molecule has 21 heavy (non-hydrogen) atoms. The molecule has 4 nitrogen and oxygen atoms in total. The molecule has 1 saturated carbocycles. The molecule has 0 radical (unpaired) electrons. The lowest BCUT2D eigenvalue weighted by molar-refractivity contribution is 0.0952. The van der Waals surface area contributed by atoms with Crippen LogP contribution in [-0.2, 0) is 0 Å². The van der Waals surface area contributed by atoms with Gasteiger partial charge in [0.15, 0.2) is 11.5 Å². The first-order valence-electron chi connectivity index (χ1n) is 7.47. The second-order valence-electron chi connectivity index (χ2n) is 5.09. The Hall–Kier alpha value is -1.42. The van der Waals surface area contributed by atoms with E-state index in [9.17, 15) is 4.79 Å². The fourth-order valence-electron chi connectivity index (χ4n) is 2.11. The van der Waals surface area contributed by atoms with Gasteiger partial charge in [-0.25, -0.2) is 0 Å². The third kappa shape index (κ3) is 4.53. The van der Waals surface area contributed by atoms with Gasteiger partial charge in [-0.2, -0.15) is 0 Å². The topological polar surface area (TPSA) is 47.6 Å². The number of nitrogens with one attached hydrogen (secondary N) is 1. The Bertz CT molecular complexity index is 488. The van der Waals surface area contributed by atoms with E-state index in [0.29, 0.717) is 42.7 Å². The van der Waals surface area contributed by atoms with E-state index in [1.807, 2.05) is 13.8 Å². The Balaban J connectivity index is 2.00. The van der Waals surface area contributed by atoms with Crippen molar-refractivity contribution in [3.63, 3.8) is 0 Å². The van der Waals surface area contributed by atoms with Crippen LogP contribution in [0.2, 0.25) is 0 Å². The number of hydrogen-bond acceptors (Lipinski definition) is 3. The van der Waals surface area contributed by atoms with Crippen molar-refractivity contribution in [1.29, 1.82) is 0 Å². The molecule has 1 atom stereocenters. The summed E-state index contributed by atoms with van der Waals surface area (Å²) in [6.45, 7) is 5.39. The van der Waals surface area contributed by atoms with Gasteiger partial charge in [0.2, 0.25) is 0 Å². The summed E-state index contributed by atoms with van der Waals surface area (Å²) >= 11 is 6.20. The minimum absolute atomic E-state index is 0.0306. The molecule has 0 spiro atoms. The van der Waals surface area contributed by atoms with E-state index in [1.165, 1.54) is 12.8 Å². The van der Waals surface area contributed by atoms with E-state index in [4.69, 9.17) is 21.1 Å². The van der Waals surface area contributed by atoms with Crippen molar-refractivity contribution < 1.29 is 14.3 Å². The fourth-order valence-corrected chi connectivity index (χ4v) is 2.44. The lowest BCUT2D eigenvalue weighted by atomic mass is 10.2. The van der Waals surface area contributed by atoms with E-state index in [-0.39, 0.29) is 11.3 Å². The summed E-state index contributed by atoms with van der Waals surface area (Å²) in [4.78, 5) is 12.2. The molecule has 1 aliphatic rings. The predicted molar refractivity (Wildman–Crippen MR) is 83.5 cm³/mol. The average Bonchev–Trinajstić information content (AvgIpc) is 3.31. The van der Waals surface area contributed by atoms with Crippen LogP contribution in [0, 0.1) is 5.92 Å². The Morgan fingerprint density at radius 3 is 2.57 bits per heavy atom. The number of rotatable bonds is 8. The van der Waals surface area contributed by atoms with E-state index in [2.05, 4.69) is 5.32 Å². The largest absolute Gasteiger partial charge is 0.490 e. The van der Waals surface area contributed by atoms with E-state index < -0.39 is 0 Å². The number of halogens is 1. The number of carbonyl (C=O) groups excluding carboxylic acids is 1. The molecule has 1 amide bonds. The molecule has 1 aromatic carbocycles. The molecule has 1 aliphatic carbocycles. The van der Waals surface area contributed by atoms with Crippen molar-refractivity contribution in [2.24, 2.45) is 5.92 Å². The highest BCUT2D eigenvalue weighted by molar-refractivity contribution is 6.21. The summed E-state index contributed by atoms with van der Waals surface area (Å²) in [6.07, 6.45) is 2.34. The number of alkyl halides is 1. The normalized spacial score (nSPS) is 15.4. The van der Waals surface area contributed by atoms with Gasteiger partial charge in [-0.3, -0.25) is 4.79 Å². The van der Waals surface area contributed by atoms with Crippen molar-refractivity contribution in [3.8, 4) is 11.5 Å². The highest BCUT2D eigenvalue weighted by atomic mass is 35.5. The number of amides is 1. The molecule has 2 rings (SSSR count). The summed E-state index contributed by atoms with van der Waals surface area (Å²) < 4.78 is 11.0. The third-order valence-electron chi connectivity index (χ3n) is 3.40. The maximum Gasteiger partial charge on any atom is 0.251 e. The number of carbonyl (C=O) groups is 1. The zero-order valence-electron chi connectivity index (χ0n) is 12.5. The van der Waals surface area contributed by atoms with Crippen LogP contribution in [-0.4, -0.2) is 31.0 Å². The quantitative estimate of drug-likeness (QED) is 0.750. The molecule has 0 saturated heterocycles. The zero-order chi connectivity index (χ0) is 15.2. The van der Waals surface area contributed by atoms with Gasteiger partial charge >= 0.3 is 0 Å². The van der Waals surface area contributed by atoms with Gasteiger partial charge in [0.1, 0.15) is 0 Å². The minimum Gasteiger partial charge on any atom is -0.490 e. The summed E-state index contributed by atoms with van der Waals surface area (Å²) in [5.41, 5.74) is 0.557. The smallest absolute Gasteiger partial charge is 0.251 e. The van der Waals surface area contributed by atoms with Gasteiger partial charge in [-0.15, -0.1) is 11.6 Å². The third-order valence-corrected chi connectivity index (χ3v) is 3.91. The first-order chi connectivity index (χ1) is 10.2. The molecule has 0 aromatic heterocycles. The SMILES string of the molecule is CCOc1ccc(C(=O)NCC(Cl)C2CC2)cc1OCC. The number of hydrogen-bond donors (Lipinski definition) is 1. The van der Waals surface area contributed by atoms with Gasteiger partial charge in [0, 0.05) is 12.1 Å². The summed E-state index contributed by atoms with van der Waals surface area (Å²) in [7, 11) is 0. The highest BCUT2D eigenvalue weighted by Gasteiger charge is 2.29. The lowest BCUT2D eigenvalue weighted by Crippen LogP contribution is -2.30. The van der Waals surface area contributed by atoms with Crippen LogP contribution >= 0.6 is 11.6 Å². The van der Waals surface area contributed by atoms with Crippen molar-refractivity contribution in [2.45, 2.75) is 32.1 Å². The van der Waals surface area contributed by atoms with Gasteiger partial charge in [0.25, 0.3) is 5.91 Å². The second kappa shape index (κ2) is 7.55. The summed E-state index contributed by atoms with van der Waals surface area (Å²) in [5.74, 6) is 1.68. The fraction of sp³-hybridized carbons (Fsp3) is 0.562. The summed E-state index contributed by atoms with van der Waals surface area (Å²) in [5, 5.41) is 2.90. The maximum atomic E-state index is 12.2. The molecule has 0 aliphatic heterocycles. The van der Waals surface area contributed by atoms with Crippen molar-refractivity contribution >= 4 is 17.5 Å². The summed E-state index contributed by atoms with van der Waals surface area (Å²) in [6, 6.07) is 5.22. The van der Waals surface area contributed by atoms with Crippen LogP contribution < -0.4 is 14.8 Å². The van der Waals surface area contributed by atoms with Crippen LogP contribution in [0.3, 0.4) is 0 Å². The lowest BCUT2D eigenvalue weighted by Gasteiger charge is -2.13. The van der Waals surface area contributed by atoms with Crippen LogP contribution in [0.5, 0.6) is 11.5 Å². The predicted octanol–water partition coefficient (Wildman–Crippen LogP) is 3.23. The van der Waals surface area contributed by atoms with Gasteiger partial charge in [-0.05, 0) is 50.8 Å². The number of benzene rings is 1. The average molecular weight is 312 g/mol. The Labute approximate surface area is 130 Å². The molecular weight excluding hydrogens is 290 g/mol. The van der Waals surface area contributed by atoms with Gasteiger partial charge in [-0.1, -0.05) is 0 Å². The monoisotopic (exact) mass is 311 g/mol. The van der Waals surface area contributed by atoms with Crippen LogP contribution in [0.1, 0.15) is 37.0 Å². The molecule has 1 fully saturated rings. The van der Waals surface area contributed by atoms with E-state index in [0.717, 1.165) is 0 Å². The molecule has 1 unspecified atom stereocenters. The Kier molecular flexibility index (Phi) is 5.74. The van der Waals surface area contributed by atoms with Crippen LogP contribution in [0.25, 0.3) is 0 Å². The Morgan fingerprint density at radius 2 is 1.95 bits per heavy atom. The van der Waals surface area contributed by atoms with E-state index >= 15 is 0 Å². The number of ether oxygens (including phenoxy) is 2. The molecule has 5 heteroatoms. The molecule has 0 heterocycles. The second-order valence-corrected chi connectivity index (χ2v) is 5.65. The molecule has 116 valence electrons. The molecule has 1 N–H and O–H groups in total. The van der Waals surface area contributed by atoms with Crippen LogP contribution in [0.4, 0.5) is 0 Å². The molecule has 0 bridgehead atoms. The maximum absolute atomic E-state index is 12.2. The Morgan fingerprint density at radius 1 is 1.29 bits per heavy atom. The first kappa shape index (κ1) is 16.0. The van der Waals surface area contributed by atoms with Crippen molar-refractivity contribution in [2.75, 3.05) is 19.8 Å². The first-order valence-corrected chi connectivity index (χ1v) is 7.91. The highest BCUT2D eigenvalue weighted by Crippen LogP contribution is 2.35. The van der Waals surface area contributed by atoms with Crippen molar-refractivity contribution in [1.82, 2.24) is 5.32 Å². The molecule has 1 aromatic rings. The van der Waals surface area contributed by atoms with E-state index in [1.54, 1.807) is 18.2 Å².